The van der Waals surface area contributed by atoms with Gasteiger partial charge in [0.05, 0.1) is 19.8 Å². The van der Waals surface area contributed by atoms with Crippen LogP contribution in [0.1, 0.15) is 0 Å². The summed E-state index contributed by atoms with van der Waals surface area (Å²) in [7, 11) is 0. The van der Waals surface area contributed by atoms with Crippen molar-refractivity contribution in [3.63, 3.8) is 0 Å². The second-order valence-electron chi connectivity index (χ2n) is 4.49. The van der Waals surface area contributed by atoms with Gasteiger partial charge in [-0.05, 0) is 24.3 Å². The van der Waals surface area contributed by atoms with Crippen LogP contribution in [0.2, 0.25) is 0 Å². The molecule has 1 aliphatic rings. The van der Waals surface area contributed by atoms with Crippen molar-refractivity contribution < 1.29 is 19.3 Å². The molecular weight excluding hydrogens is 427 g/mol. The highest BCUT2D eigenvalue weighted by molar-refractivity contribution is 14.1. The van der Waals surface area contributed by atoms with Gasteiger partial charge in [-0.25, -0.2) is 0 Å². The van der Waals surface area contributed by atoms with Crippen LogP contribution in [0.4, 0.5) is 0 Å². The van der Waals surface area contributed by atoms with Gasteiger partial charge in [0.2, 0.25) is 0 Å². The number of benzene rings is 1. The highest BCUT2D eigenvalue weighted by Gasteiger charge is 2.37. The van der Waals surface area contributed by atoms with Crippen molar-refractivity contribution in [3.8, 4) is 5.75 Å². The molecule has 0 amide bonds. The Morgan fingerprint density at radius 1 is 1.42 bits per heavy atom. The highest BCUT2D eigenvalue weighted by atomic mass is 127. The first-order chi connectivity index (χ1) is 9.17. The van der Waals surface area contributed by atoms with Crippen molar-refractivity contribution in [2.75, 3.05) is 30.9 Å². The molecule has 0 radical (unpaired) electrons. The SMILES string of the molecule is OC[C@@]1(CI)COC[C@@H](COc2ccc(Br)cc2)O1. The maximum absolute atomic E-state index is 9.42. The lowest BCUT2D eigenvalue weighted by atomic mass is 10.1. The van der Waals surface area contributed by atoms with E-state index < -0.39 is 5.60 Å². The van der Waals surface area contributed by atoms with Gasteiger partial charge in [-0.1, -0.05) is 38.5 Å². The second kappa shape index (κ2) is 7.21. The van der Waals surface area contributed by atoms with Crippen LogP contribution in [0.25, 0.3) is 0 Å². The lowest BCUT2D eigenvalue weighted by molar-refractivity contribution is -0.206. The molecule has 1 saturated heterocycles. The minimum Gasteiger partial charge on any atom is -0.491 e. The highest BCUT2D eigenvalue weighted by Crippen LogP contribution is 2.23. The Bertz CT molecular complexity index is 394. The molecule has 1 aliphatic heterocycles. The normalized spacial score (nSPS) is 27.2. The van der Waals surface area contributed by atoms with Gasteiger partial charge in [0.25, 0.3) is 0 Å². The van der Waals surface area contributed by atoms with Crippen molar-refractivity contribution in [3.05, 3.63) is 28.7 Å². The molecule has 0 aromatic heterocycles. The smallest absolute Gasteiger partial charge is 0.124 e. The van der Waals surface area contributed by atoms with Gasteiger partial charge in [-0.3, -0.25) is 0 Å². The fraction of sp³-hybridized carbons (Fsp3) is 0.538. The van der Waals surface area contributed by atoms with E-state index in [1.54, 1.807) is 0 Å². The van der Waals surface area contributed by atoms with Crippen molar-refractivity contribution >= 4 is 38.5 Å². The molecule has 6 heteroatoms. The Labute approximate surface area is 134 Å². The number of halogens is 2. The van der Waals surface area contributed by atoms with Crippen LogP contribution in [0.15, 0.2) is 28.7 Å². The summed E-state index contributed by atoms with van der Waals surface area (Å²) >= 11 is 5.58. The lowest BCUT2D eigenvalue weighted by Crippen LogP contribution is -2.53. The molecule has 0 bridgehead atoms. The average molecular weight is 443 g/mol. The fourth-order valence-corrected chi connectivity index (χ4v) is 2.70. The number of hydrogen-bond acceptors (Lipinski definition) is 4. The van der Waals surface area contributed by atoms with Crippen molar-refractivity contribution in [1.29, 1.82) is 0 Å². The summed E-state index contributed by atoms with van der Waals surface area (Å²) in [5, 5.41) is 9.42. The van der Waals surface area contributed by atoms with E-state index in [2.05, 4.69) is 38.5 Å². The van der Waals surface area contributed by atoms with E-state index in [1.165, 1.54) is 0 Å². The third-order valence-corrected chi connectivity index (χ3v) is 4.79. The van der Waals surface area contributed by atoms with Crippen LogP contribution >= 0.6 is 38.5 Å². The molecule has 1 heterocycles. The van der Waals surface area contributed by atoms with Crippen molar-refractivity contribution in [2.45, 2.75) is 11.7 Å². The predicted molar refractivity (Wildman–Crippen MR) is 84.0 cm³/mol. The molecule has 0 unspecified atom stereocenters. The van der Waals surface area contributed by atoms with Gasteiger partial charge < -0.3 is 19.3 Å². The predicted octanol–water partition coefficient (Wildman–Crippen LogP) is 2.41. The van der Waals surface area contributed by atoms with Gasteiger partial charge >= 0.3 is 0 Å². The Balaban J connectivity index is 1.87. The lowest BCUT2D eigenvalue weighted by Gasteiger charge is -2.38. The van der Waals surface area contributed by atoms with Crippen LogP contribution in [-0.4, -0.2) is 47.7 Å². The Hall–Kier alpha value is 0.110. The third kappa shape index (κ3) is 4.29. The summed E-state index contributed by atoms with van der Waals surface area (Å²) < 4.78 is 18.8. The molecule has 106 valence electrons. The molecule has 2 rings (SSSR count). The van der Waals surface area contributed by atoms with E-state index in [9.17, 15) is 5.11 Å². The summed E-state index contributed by atoms with van der Waals surface area (Å²) in [5.41, 5.74) is -0.591. The van der Waals surface area contributed by atoms with Crippen LogP contribution in [0.3, 0.4) is 0 Å². The van der Waals surface area contributed by atoms with E-state index in [0.717, 1.165) is 10.2 Å². The maximum Gasteiger partial charge on any atom is 0.124 e. The van der Waals surface area contributed by atoms with E-state index in [0.29, 0.717) is 24.2 Å². The Kier molecular flexibility index (Phi) is 5.88. The molecule has 0 aliphatic carbocycles. The van der Waals surface area contributed by atoms with Crippen LogP contribution in [0, 0.1) is 0 Å². The van der Waals surface area contributed by atoms with Crippen molar-refractivity contribution in [2.24, 2.45) is 0 Å². The first kappa shape index (κ1) is 15.5. The minimum absolute atomic E-state index is 0.0370. The van der Waals surface area contributed by atoms with Crippen LogP contribution in [0.5, 0.6) is 5.75 Å². The number of rotatable bonds is 5. The second-order valence-corrected chi connectivity index (χ2v) is 6.17. The number of hydrogen-bond donors (Lipinski definition) is 1. The number of aliphatic hydroxyl groups excluding tert-OH is 1. The molecule has 1 aromatic rings. The van der Waals surface area contributed by atoms with E-state index in [1.807, 2.05) is 24.3 Å². The molecule has 0 saturated carbocycles. The average Bonchev–Trinajstić information content (AvgIpc) is 2.47. The van der Waals surface area contributed by atoms with Gasteiger partial charge in [-0.2, -0.15) is 0 Å². The standard InChI is InChI=1S/C13H16BrIO4/c14-10-1-3-11(4-2-10)18-6-12-5-17-9-13(7-15,8-16)19-12/h1-4,12,16H,5-9H2/t12-,13-/m0/s1. The largest absolute Gasteiger partial charge is 0.491 e. The third-order valence-electron chi connectivity index (χ3n) is 2.87. The quantitative estimate of drug-likeness (QED) is 0.562. The van der Waals surface area contributed by atoms with E-state index in [4.69, 9.17) is 14.2 Å². The van der Waals surface area contributed by atoms with Gasteiger partial charge in [-0.15, -0.1) is 0 Å². The summed E-state index contributed by atoms with van der Waals surface area (Å²) in [6.07, 6.45) is -0.153. The van der Waals surface area contributed by atoms with Gasteiger partial charge in [0, 0.05) is 8.90 Å². The van der Waals surface area contributed by atoms with E-state index >= 15 is 0 Å². The summed E-state index contributed by atoms with van der Waals surface area (Å²) in [5.74, 6) is 0.793. The number of aliphatic hydroxyl groups is 1. The zero-order chi connectivity index (χ0) is 13.7. The summed E-state index contributed by atoms with van der Waals surface area (Å²) in [6.45, 7) is 1.31. The minimum atomic E-state index is -0.591. The number of ether oxygens (including phenoxy) is 3. The zero-order valence-electron chi connectivity index (χ0n) is 10.4. The summed E-state index contributed by atoms with van der Waals surface area (Å²) in [4.78, 5) is 0. The number of alkyl halides is 1. The van der Waals surface area contributed by atoms with Crippen molar-refractivity contribution in [1.82, 2.24) is 0 Å². The molecule has 1 N–H and O–H groups in total. The van der Waals surface area contributed by atoms with Gasteiger partial charge in [0.1, 0.15) is 24.1 Å². The topological polar surface area (TPSA) is 47.9 Å². The van der Waals surface area contributed by atoms with Crippen LogP contribution < -0.4 is 4.74 Å². The monoisotopic (exact) mass is 442 g/mol. The summed E-state index contributed by atoms with van der Waals surface area (Å²) in [6, 6.07) is 7.64. The fourth-order valence-electron chi connectivity index (χ4n) is 1.80. The molecule has 1 aromatic carbocycles. The molecule has 2 atom stereocenters. The Morgan fingerprint density at radius 2 is 2.16 bits per heavy atom. The Morgan fingerprint density at radius 3 is 2.79 bits per heavy atom. The first-order valence-corrected chi connectivity index (χ1v) is 8.30. The molecule has 1 fully saturated rings. The molecule has 19 heavy (non-hydrogen) atoms. The molecule has 0 spiro atoms. The van der Waals surface area contributed by atoms with Crippen LogP contribution in [-0.2, 0) is 9.47 Å². The first-order valence-electron chi connectivity index (χ1n) is 5.98. The maximum atomic E-state index is 9.42. The molecular formula is C13H16BrIO4. The van der Waals surface area contributed by atoms with E-state index in [-0.39, 0.29) is 12.7 Å². The van der Waals surface area contributed by atoms with Gasteiger partial charge in [0.15, 0.2) is 0 Å². The molecule has 4 nitrogen and oxygen atoms in total. The zero-order valence-corrected chi connectivity index (χ0v) is 14.1.